The summed E-state index contributed by atoms with van der Waals surface area (Å²) < 4.78 is 24.6. The first-order valence-corrected chi connectivity index (χ1v) is 9.35. The normalized spacial score (nSPS) is 19.6. The Hall–Kier alpha value is -1.60. The van der Waals surface area contributed by atoms with Crippen LogP contribution in [0.4, 0.5) is 10.5 Å². The fourth-order valence-electron chi connectivity index (χ4n) is 2.58. The van der Waals surface area contributed by atoms with Crippen molar-refractivity contribution in [1.29, 1.82) is 0 Å². The largest absolute Gasteiger partial charge is 0.334 e. The van der Waals surface area contributed by atoms with Crippen molar-refractivity contribution in [3.05, 3.63) is 29.8 Å². The summed E-state index contributed by atoms with van der Waals surface area (Å²) in [6, 6.07) is 7.23. The average Bonchev–Trinajstić information content (AvgIpc) is 2.46. The number of sulfonamides is 1. The van der Waals surface area contributed by atoms with Crippen molar-refractivity contribution >= 4 is 21.7 Å². The number of nitrogens with one attached hydrogen (secondary N) is 2. The first kappa shape index (κ1) is 16.8. The molecule has 1 aromatic carbocycles. The summed E-state index contributed by atoms with van der Waals surface area (Å²) in [6.07, 6.45) is 3.65. The molecule has 0 radical (unpaired) electrons. The molecular weight excluding hydrogens is 302 g/mol. The average molecular weight is 325 g/mol. The lowest BCUT2D eigenvalue weighted by Crippen LogP contribution is -2.50. The zero-order chi connectivity index (χ0) is 16.2. The van der Waals surface area contributed by atoms with Crippen molar-refractivity contribution in [2.24, 2.45) is 0 Å². The van der Waals surface area contributed by atoms with Crippen LogP contribution in [0.2, 0.25) is 0 Å². The maximum absolute atomic E-state index is 12.0. The molecule has 6 nitrogen and oxygen atoms in total. The Bertz CT molecular complexity index is 631. The number of carbonyl (C=O) groups excluding carboxylic acids is 1. The predicted octanol–water partition coefficient (Wildman–Crippen LogP) is 1.79. The van der Waals surface area contributed by atoms with Gasteiger partial charge in [0.2, 0.25) is 10.0 Å². The van der Waals surface area contributed by atoms with Gasteiger partial charge in [0.25, 0.3) is 0 Å². The van der Waals surface area contributed by atoms with E-state index in [-0.39, 0.29) is 12.1 Å². The molecule has 0 bridgehead atoms. The molecule has 1 aromatic rings. The molecule has 0 spiro atoms. The van der Waals surface area contributed by atoms with E-state index < -0.39 is 10.0 Å². The molecule has 1 aliphatic heterocycles. The number of benzene rings is 1. The van der Waals surface area contributed by atoms with Crippen LogP contribution in [-0.4, -0.2) is 44.1 Å². The molecular formula is C15H23N3O3S. The summed E-state index contributed by atoms with van der Waals surface area (Å²) in [5.41, 5.74) is 1.89. The Kier molecular flexibility index (Phi) is 5.42. The Balaban J connectivity index is 1.91. The van der Waals surface area contributed by atoms with E-state index >= 15 is 0 Å². The number of urea groups is 1. The van der Waals surface area contributed by atoms with Crippen molar-refractivity contribution in [3.8, 4) is 0 Å². The number of piperidine rings is 1. The van der Waals surface area contributed by atoms with E-state index in [1.54, 1.807) is 0 Å². The molecule has 1 atom stereocenters. The highest BCUT2D eigenvalue weighted by Crippen LogP contribution is 2.14. The summed E-state index contributed by atoms with van der Waals surface area (Å²) in [7, 11) is -3.20. The molecule has 0 aliphatic carbocycles. The zero-order valence-corrected chi connectivity index (χ0v) is 13.8. The van der Waals surface area contributed by atoms with Gasteiger partial charge in [-0.3, -0.25) is 0 Å². The van der Waals surface area contributed by atoms with E-state index in [2.05, 4.69) is 17.6 Å². The lowest BCUT2D eigenvalue weighted by molar-refractivity contribution is 0.236. The van der Waals surface area contributed by atoms with Gasteiger partial charge in [-0.1, -0.05) is 19.1 Å². The van der Waals surface area contributed by atoms with Crippen LogP contribution in [0.15, 0.2) is 24.3 Å². The van der Waals surface area contributed by atoms with Gasteiger partial charge in [-0.15, -0.1) is 0 Å². The molecule has 1 fully saturated rings. The fourth-order valence-corrected chi connectivity index (χ4v) is 3.49. The number of carbonyl (C=O) groups is 1. The van der Waals surface area contributed by atoms with Gasteiger partial charge in [0.15, 0.2) is 0 Å². The highest BCUT2D eigenvalue weighted by Gasteiger charge is 2.26. The lowest BCUT2D eigenvalue weighted by atomic mass is 10.1. The molecule has 0 aromatic heterocycles. The molecule has 1 aliphatic rings. The first-order valence-electron chi connectivity index (χ1n) is 7.50. The molecule has 22 heavy (non-hydrogen) atoms. The van der Waals surface area contributed by atoms with Gasteiger partial charge < -0.3 is 10.6 Å². The standard InChI is InChI=1S/C15H23N3O3S/c1-3-12-6-4-7-13(10-12)16-15(19)17-14-8-5-9-18(11-14)22(2,20)21/h4,6-7,10,14H,3,5,8-9,11H2,1-2H3,(H2,16,17,19)/t14-/m0/s1. The number of rotatable bonds is 4. The van der Waals surface area contributed by atoms with Crippen molar-refractivity contribution in [2.75, 3.05) is 24.7 Å². The van der Waals surface area contributed by atoms with E-state index in [1.807, 2.05) is 24.3 Å². The van der Waals surface area contributed by atoms with Gasteiger partial charge in [-0.05, 0) is 37.0 Å². The maximum Gasteiger partial charge on any atom is 0.319 e. The smallest absolute Gasteiger partial charge is 0.319 e. The Morgan fingerprint density at radius 3 is 2.86 bits per heavy atom. The minimum atomic E-state index is -3.20. The van der Waals surface area contributed by atoms with Crippen molar-refractivity contribution in [1.82, 2.24) is 9.62 Å². The van der Waals surface area contributed by atoms with Crippen LogP contribution in [0.25, 0.3) is 0 Å². The van der Waals surface area contributed by atoms with Crippen LogP contribution in [0, 0.1) is 0 Å². The number of amides is 2. The summed E-state index contributed by atoms with van der Waals surface area (Å²) >= 11 is 0. The van der Waals surface area contributed by atoms with Crippen LogP contribution in [0.1, 0.15) is 25.3 Å². The van der Waals surface area contributed by atoms with Crippen molar-refractivity contribution in [3.63, 3.8) is 0 Å². The second-order valence-electron chi connectivity index (χ2n) is 5.61. The molecule has 2 rings (SSSR count). The van der Waals surface area contributed by atoms with Gasteiger partial charge in [-0.2, -0.15) is 0 Å². The topological polar surface area (TPSA) is 78.5 Å². The summed E-state index contributed by atoms with van der Waals surface area (Å²) in [4.78, 5) is 12.0. The van der Waals surface area contributed by atoms with Crippen molar-refractivity contribution < 1.29 is 13.2 Å². The van der Waals surface area contributed by atoms with Gasteiger partial charge in [0.1, 0.15) is 0 Å². The highest BCUT2D eigenvalue weighted by atomic mass is 32.2. The molecule has 1 saturated heterocycles. The minimum Gasteiger partial charge on any atom is -0.334 e. The van der Waals surface area contributed by atoms with Crippen LogP contribution in [0.5, 0.6) is 0 Å². The third-order valence-electron chi connectivity index (χ3n) is 3.78. The lowest BCUT2D eigenvalue weighted by Gasteiger charge is -2.31. The van der Waals surface area contributed by atoms with E-state index in [9.17, 15) is 13.2 Å². The molecule has 122 valence electrons. The second-order valence-corrected chi connectivity index (χ2v) is 7.59. The molecule has 1 heterocycles. The highest BCUT2D eigenvalue weighted by molar-refractivity contribution is 7.88. The first-order chi connectivity index (χ1) is 10.4. The summed E-state index contributed by atoms with van der Waals surface area (Å²) in [5, 5.41) is 5.65. The van der Waals surface area contributed by atoms with Gasteiger partial charge >= 0.3 is 6.03 Å². The third-order valence-corrected chi connectivity index (χ3v) is 5.05. The van der Waals surface area contributed by atoms with Crippen LogP contribution in [-0.2, 0) is 16.4 Å². The van der Waals surface area contributed by atoms with Gasteiger partial charge in [-0.25, -0.2) is 17.5 Å². The monoisotopic (exact) mass is 325 g/mol. The maximum atomic E-state index is 12.0. The van der Waals surface area contributed by atoms with Gasteiger partial charge in [0.05, 0.1) is 6.26 Å². The van der Waals surface area contributed by atoms with E-state index in [0.29, 0.717) is 13.1 Å². The third kappa shape index (κ3) is 4.71. The molecule has 7 heteroatoms. The number of aryl methyl sites for hydroxylation is 1. The van der Waals surface area contributed by atoms with Crippen LogP contribution in [0.3, 0.4) is 0 Å². The number of hydrogen-bond acceptors (Lipinski definition) is 3. The Morgan fingerprint density at radius 2 is 2.18 bits per heavy atom. The minimum absolute atomic E-state index is 0.155. The summed E-state index contributed by atoms with van der Waals surface area (Å²) in [5.74, 6) is 0. The molecule has 2 amide bonds. The fraction of sp³-hybridized carbons (Fsp3) is 0.533. The van der Waals surface area contributed by atoms with E-state index in [0.717, 1.165) is 30.5 Å². The predicted molar refractivity (Wildman–Crippen MR) is 87.4 cm³/mol. The Labute approximate surface area is 131 Å². The Morgan fingerprint density at radius 1 is 1.41 bits per heavy atom. The SMILES string of the molecule is CCc1cccc(NC(=O)N[C@H]2CCCN(S(C)(=O)=O)C2)c1. The second kappa shape index (κ2) is 7.11. The number of anilines is 1. The molecule has 0 saturated carbocycles. The van der Waals surface area contributed by atoms with E-state index in [4.69, 9.17) is 0 Å². The van der Waals surface area contributed by atoms with Crippen LogP contribution >= 0.6 is 0 Å². The van der Waals surface area contributed by atoms with E-state index in [1.165, 1.54) is 10.6 Å². The summed E-state index contributed by atoms with van der Waals surface area (Å²) in [6.45, 7) is 2.92. The van der Waals surface area contributed by atoms with Gasteiger partial charge in [0, 0.05) is 24.8 Å². The quantitative estimate of drug-likeness (QED) is 0.886. The van der Waals surface area contributed by atoms with Crippen molar-refractivity contribution in [2.45, 2.75) is 32.2 Å². The zero-order valence-electron chi connectivity index (χ0n) is 13.0. The number of hydrogen-bond donors (Lipinski definition) is 2. The molecule has 2 N–H and O–H groups in total. The number of nitrogens with zero attached hydrogens (tertiary/aromatic N) is 1. The molecule has 0 unspecified atom stereocenters. The van der Waals surface area contributed by atoms with Crippen LogP contribution < -0.4 is 10.6 Å².